The van der Waals surface area contributed by atoms with E-state index in [0.717, 1.165) is 12.3 Å². The highest BCUT2D eigenvalue weighted by Gasteiger charge is 2.40. The fraction of sp³-hybridized carbons (Fsp3) is 0.667. The van der Waals surface area contributed by atoms with E-state index >= 15 is 0 Å². The fourth-order valence-corrected chi connectivity index (χ4v) is 3.47. The lowest BCUT2D eigenvalue weighted by atomic mass is 9.84. The highest BCUT2D eigenvalue weighted by Crippen LogP contribution is 2.34. The smallest absolute Gasteiger partial charge is 0.377 e. The third-order valence-electron chi connectivity index (χ3n) is 4.72. The standard InChI is InChI=1S/C15H19F3N4O2/c16-15(17,18)11-1-5-20-14(21-11)22-6-2-9(3-7-22)12-10(13(19)23)4-8-24-12/h1,5,9-10,12H,2-4,6-8H2,(H2,19,23)/t10-,12+/m0/s1. The van der Waals surface area contributed by atoms with Gasteiger partial charge in [0.1, 0.15) is 5.69 Å². The highest BCUT2D eigenvalue weighted by atomic mass is 19.4. The van der Waals surface area contributed by atoms with Crippen molar-refractivity contribution in [3.63, 3.8) is 0 Å². The first kappa shape index (κ1) is 16.9. The molecule has 9 heteroatoms. The number of primary amides is 1. The van der Waals surface area contributed by atoms with E-state index in [4.69, 9.17) is 10.5 Å². The predicted octanol–water partition coefficient (Wildman–Crippen LogP) is 1.60. The Morgan fingerprint density at radius 1 is 1.29 bits per heavy atom. The summed E-state index contributed by atoms with van der Waals surface area (Å²) in [5, 5.41) is 0. The first-order valence-corrected chi connectivity index (χ1v) is 7.92. The van der Waals surface area contributed by atoms with Gasteiger partial charge in [-0.05, 0) is 31.2 Å². The van der Waals surface area contributed by atoms with Gasteiger partial charge in [0.2, 0.25) is 11.9 Å². The summed E-state index contributed by atoms with van der Waals surface area (Å²) in [6.07, 6.45) is -1.51. The SMILES string of the molecule is NC(=O)[C@H]1CCO[C@@H]1C1CCN(c2nccc(C(F)(F)F)n2)CC1. The fourth-order valence-electron chi connectivity index (χ4n) is 3.47. The molecule has 0 aromatic carbocycles. The highest BCUT2D eigenvalue weighted by molar-refractivity contribution is 5.77. The molecule has 2 fully saturated rings. The summed E-state index contributed by atoms with van der Waals surface area (Å²) < 4.78 is 43.9. The van der Waals surface area contributed by atoms with Crippen molar-refractivity contribution in [3.8, 4) is 0 Å². The van der Waals surface area contributed by atoms with Gasteiger partial charge in [-0.1, -0.05) is 0 Å². The first-order chi connectivity index (χ1) is 11.4. The Morgan fingerprint density at radius 3 is 2.62 bits per heavy atom. The molecule has 2 aliphatic rings. The topological polar surface area (TPSA) is 81.3 Å². The van der Waals surface area contributed by atoms with Crippen LogP contribution in [0.5, 0.6) is 0 Å². The average Bonchev–Trinajstić information content (AvgIpc) is 3.04. The number of rotatable bonds is 3. The number of amides is 1. The van der Waals surface area contributed by atoms with Crippen LogP contribution in [0, 0.1) is 11.8 Å². The summed E-state index contributed by atoms with van der Waals surface area (Å²) in [6.45, 7) is 1.57. The van der Waals surface area contributed by atoms with Crippen LogP contribution in [0.15, 0.2) is 12.3 Å². The summed E-state index contributed by atoms with van der Waals surface area (Å²) in [6, 6.07) is 0.861. The summed E-state index contributed by atoms with van der Waals surface area (Å²) in [5.74, 6) is -0.360. The van der Waals surface area contributed by atoms with Crippen molar-refractivity contribution in [2.75, 3.05) is 24.6 Å². The number of nitrogens with two attached hydrogens (primary N) is 1. The molecular weight excluding hydrogens is 325 g/mol. The molecule has 2 aliphatic heterocycles. The molecule has 0 bridgehead atoms. The van der Waals surface area contributed by atoms with Gasteiger partial charge in [0.05, 0.1) is 12.0 Å². The number of carbonyl (C=O) groups is 1. The normalized spacial score (nSPS) is 25.9. The lowest BCUT2D eigenvalue weighted by Crippen LogP contribution is -2.42. The number of alkyl halides is 3. The second-order valence-corrected chi connectivity index (χ2v) is 6.20. The number of anilines is 1. The Balaban J connectivity index is 1.64. The molecule has 2 N–H and O–H groups in total. The zero-order valence-corrected chi connectivity index (χ0v) is 13.0. The Hall–Kier alpha value is -1.90. The molecule has 0 radical (unpaired) electrons. The van der Waals surface area contributed by atoms with E-state index in [1.54, 1.807) is 4.90 Å². The number of carbonyl (C=O) groups excluding carboxylic acids is 1. The number of nitrogens with zero attached hydrogens (tertiary/aromatic N) is 3. The van der Waals surface area contributed by atoms with Crippen molar-refractivity contribution in [1.29, 1.82) is 0 Å². The van der Waals surface area contributed by atoms with Gasteiger partial charge >= 0.3 is 6.18 Å². The van der Waals surface area contributed by atoms with Crippen LogP contribution in [0.25, 0.3) is 0 Å². The second-order valence-electron chi connectivity index (χ2n) is 6.20. The van der Waals surface area contributed by atoms with E-state index in [9.17, 15) is 18.0 Å². The Labute approximate surface area is 137 Å². The van der Waals surface area contributed by atoms with Crippen molar-refractivity contribution >= 4 is 11.9 Å². The third-order valence-corrected chi connectivity index (χ3v) is 4.72. The molecule has 24 heavy (non-hydrogen) atoms. The minimum atomic E-state index is -4.48. The van der Waals surface area contributed by atoms with Crippen molar-refractivity contribution < 1.29 is 22.7 Å². The average molecular weight is 344 g/mol. The van der Waals surface area contributed by atoms with Gasteiger partial charge in [-0.2, -0.15) is 13.2 Å². The lowest BCUT2D eigenvalue weighted by molar-refractivity contribution is -0.141. The third kappa shape index (κ3) is 3.45. The van der Waals surface area contributed by atoms with E-state index in [1.807, 2.05) is 0 Å². The summed E-state index contributed by atoms with van der Waals surface area (Å²) >= 11 is 0. The molecular formula is C15H19F3N4O2. The van der Waals surface area contributed by atoms with Crippen molar-refractivity contribution in [3.05, 3.63) is 18.0 Å². The predicted molar refractivity (Wildman–Crippen MR) is 79.0 cm³/mol. The van der Waals surface area contributed by atoms with Crippen LogP contribution >= 0.6 is 0 Å². The molecule has 1 aromatic rings. The molecule has 0 aliphatic carbocycles. The van der Waals surface area contributed by atoms with Gasteiger partial charge in [0.15, 0.2) is 0 Å². The summed E-state index contributed by atoms with van der Waals surface area (Å²) in [4.78, 5) is 20.8. The number of aromatic nitrogens is 2. The van der Waals surface area contributed by atoms with Crippen molar-refractivity contribution in [2.24, 2.45) is 17.6 Å². The largest absolute Gasteiger partial charge is 0.433 e. The monoisotopic (exact) mass is 344 g/mol. The summed E-state index contributed by atoms with van der Waals surface area (Å²) in [5.41, 5.74) is 4.47. The Kier molecular flexibility index (Phi) is 4.62. The van der Waals surface area contributed by atoms with Crippen LogP contribution in [-0.2, 0) is 15.7 Å². The molecule has 1 amide bonds. The Bertz CT molecular complexity index is 603. The van der Waals surface area contributed by atoms with E-state index in [1.165, 1.54) is 0 Å². The quantitative estimate of drug-likeness (QED) is 0.901. The molecule has 0 spiro atoms. The lowest BCUT2D eigenvalue weighted by Gasteiger charge is -2.35. The molecule has 132 valence electrons. The maximum Gasteiger partial charge on any atom is 0.433 e. The van der Waals surface area contributed by atoms with Gasteiger partial charge in [-0.25, -0.2) is 9.97 Å². The van der Waals surface area contributed by atoms with E-state index in [-0.39, 0.29) is 29.8 Å². The van der Waals surface area contributed by atoms with E-state index in [0.29, 0.717) is 39.0 Å². The maximum absolute atomic E-state index is 12.8. The molecule has 0 unspecified atom stereocenters. The second kappa shape index (κ2) is 6.54. The minimum Gasteiger partial charge on any atom is -0.377 e. The van der Waals surface area contributed by atoms with Gasteiger partial charge in [0, 0.05) is 25.9 Å². The van der Waals surface area contributed by atoms with Crippen LogP contribution in [-0.4, -0.2) is 41.7 Å². The number of piperidine rings is 1. The molecule has 3 rings (SSSR count). The number of ether oxygens (including phenoxy) is 1. The zero-order chi connectivity index (χ0) is 17.3. The van der Waals surface area contributed by atoms with Crippen LogP contribution in [0.3, 0.4) is 0 Å². The van der Waals surface area contributed by atoms with Crippen LogP contribution < -0.4 is 10.6 Å². The van der Waals surface area contributed by atoms with Gasteiger partial charge < -0.3 is 15.4 Å². The molecule has 2 atom stereocenters. The summed E-state index contributed by atoms with van der Waals surface area (Å²) in [7, 11) is 0. The first-order valence-electron chi connectivity index (χ1n) is 7.92. The van der Waals surface area contributed by atoms with Gasteiger partial charge in [-0.3, -0.25) is 4.79 Å². The maximum atomic E-state index is 12.8. The molecule has 3 heterocycles. The van der Waals surface area contributed by atoms with Crippen molar-refractivity contribution in [1.82, 2.24) is 9.97 Å². The molecule has 0 saturated carbocycles. The minimum absolute atomic E-state index is 0.0852. The van der Waals surface area contributed by atoms with Gasteiger partial charge in [-0.15, -0.1) is 0 Å². The molecule has 1 aromatic heterocycles. The Morgan fingerprint density at radius 2 is 2.00 bits per heavy atom. The molecule has 2 saturated heterocycles. The van der Waals surface area contributed by atoms with Crippen LogP contribution in [0.2, 0.25) is 0 Å². The van der Waals surface area contributed by atoms with Crippen molar-refractivity contribution in [2.45, 2.75) is 31.5 Å². The van der Waals surface area contributed by atoms with Crippen LogP contribution in [0.1, 0.15) is 25.0 Å². The molecule has 6 nitrogen and oxygen atoms in total. The van der Waals surface area contributed by atoms with E-state index in [2.05, 4.69) is 9.97 Å². The van der Waals surface area contributed by atoms with E-state index < -0.39 is 11.9 Å². The van der Waals surface area contributed by atoms with Crippen LogP contribution in [0.4, 0.5) is 19.1 Å². The van der Waals surface area contributed by atoms with Gasteiger partial charge in [0.25, 0.3) is 0 Å². The zero-order valence-electron chi connectivity index (χ0n) is 13.0. The number of halogens is 3. The number of hydrogen-bond acceptors (Lipinski definition) is 5. The number of hydrogen-bond donors (Lipinski definition) is 1.